The third-order valence-electron chi connectivity index (χ3n) is 3.96. The molecule has 1 fully saturated rings. The minimum Gasteiger partial charge on any atom is -0.378 e. The summed E-state index contributed by atoms with van der Waals surface area (Å²) in [6, 6.07) is 10.1. The van der Waals surface area contributed by atoms with Crippen LogP contribution in [0.1, 0.15) is 17.0 Å². The highest BCUT2D eigenvalue weighted by molar-refractivity contribution is 5.46. The van der Waals surface area contributed by atoms with Crippen LogP contribution in [0.25, 0.3) is 0 Å². The number of benzene rings is 1. The summed E-state index contributed by atoms with van der Waals surface area (Å²) in [5, 5.41) is 8.61. The zero-order chi connectivity index (χ0) is 17.5. The molecule has 2 aromatic rings. The number of aryl methyl sites for hydroxylation is 1. The first-order valence-corrected chi connectivity index (χ1v) is 8.58. The van der Waals surface area contributed by atoms with E-state index in [0.717, 1.165) is 24.5 Å². The number of rotatable bonds is 6. The van der Waals surface area contributed by atoms with Gasteiger partial charge in [0.15, 0.2) is 5.82 Å². The quantitative estimate of drug-likeness (QED) is 0.816. The zero-order valence-corrected chi connectivity index (χ0v) is 14.6. The highest BCUT2D eigenvalue weighted by Gasteiger charge is 2.14. The lowest BCUT2D eigenvalue weighted by Crippen LogP contribution is -2.37. The van der Waals surface area contributed by atoms with Crippen LogP contribution in [0.15, 0.2) is 40.6 Å². The largest absolute Gasteiger partial charge is 0.378 e. The lowest BCUT2D eigenvalue weighted by atomic mass is 10.1. The van der Waals surface area contributed by atoms with Crippen molar-refractivity contribution in [1.82, 2.24) is 9.97 Å². The van der Waals surface area contributed by atoms with E-state index in [2.05, 4.69) is 44.2 Å². The summed E-state index contributed by atoms with van der Waals surface area (Å²) in [5.74, 6) is 2.15. The number of hydrogen-bond acceptors (Lipinski definition) is 7. The van der Waals surface area contributed by atoms with E-state index in [0.29, 0.717) is 44.4 Å². The Morgan fingerprint density at radius 2 is 2.04 bits per heavy atom. The fraction of sp³-hybridized carbons (Fsp3) is 0.444. The van der Waals surface area contributed by atoms with Crippen molar-refractivity contribution in [1.29, 1.82) is 0 Å². The molecule has 2 N–H and O–H groups in total. The molecule has 7 nitrogen and oxygen atoms in total. The van der Waals surface area contributed by atoms with Crippen LogP contribution in [0.4, 0.5) is 11.6 Å². The molecule has 0 unspecified atom stereocenters. The number of nitrogens with two attached hydrogens (primary N) is 1. The molecule has 0 bridgehead atoms. The van der Waals surface area contributed by atoms with Gasteiger partial charge in [0.25, 0.3) is 0 Å². The van der Waals surface area contributed by atoms with Crippen molar-refractivity contribution in [2.75, 3.05) is 37.7 Å². The maximum Gasteiger partial charge on any atom is 0.179 e. The predicted molar refractivity (Wildman–Crippen MR) is 97.2 cm³/mol. The average Bonchev–Trinajstić information content (AvgIpc) is 2.63. The third kappa shape index (κ3) is 5.04. The minimum atomic E-state index is 0.506. The molecule has 0 spiro atoms. The number of nitrogens with zero attached hydrogens (tertiary/aromatic N) is 5. The SMILES string of the molecule is Cc1cccc(CN=Nc2cc(N3CCOCC3)nc(CCN)n2)c1. The molecule has 0 amide bonds. The van der Waals surface area contributed by atoms with E-state index in [1.165, 1.54) is 5.56 Å². The molecule has 0 atom stereocenters. The van der Waals surface area contributed by atoms with E-state index in [9.17, 15) is 0 Å². The number of ether oxygens (including phenoxy) is 1. The fourth-order valence-corrected chi connectivity index (χ4v) is 2.72. The smallest absolute Gasteiger partial charge is 0.179 e. The Hall–Kier alpha value is -2.38. The molecule has 2 heterocycles. The van der Waals surface area contributed by atoms with Gasteiger partial charge in [0, 0.05) is 25.6 Å². The molecular formula is C18H24N6O. The molecule has 0 aliphatic carbocycles. The third-order valence-corrected chi connectivity index (χ3v) is 3.96. The van der Waals surface area contributed by atoms with Crippen molar-refractivity contribution in [3.8, 4) is 0 Å². The summed E-state index contributed by atoms with van der Waals surface area (Å²) in [4.78, 5) is 11.2. The van der Waals surface area contributed by atoms with Gasteiger partial charge in [-0.3, -0.25) is 0 Å². The van der Waals surface area contributed by atoms with E-state index in [1.807, 2.05) is 18.2 Å². The highest BCUT2D eigenvalue weighted by Crippen LogP contribution is 2.20. The second kappa shape index (κ2) is 8.64. The van der Waals surface area contributed by atoms with Crippen LogP contribution in [0.2, 0.25) is 0 Å². The van der Waals surface area contributed by atoms with Crippen molar-refractivity contribution in [2.45, 2.75) is 19.9 Å². The number of aromatic nitrogens is 2. The normalized spacial score (nSPS) is 15.0. The highest BCUT2D eigenvalue weighted by atomic mass is 16.5. The minimum absolute atomic E-state index is 0.506. The van der Waals surface area contributed by atoms with Gasteiger partial charge in [-0.05, 0) is 19.0 Å². The van der Waals surface area contributed by atoms with Crippen LogP contribution in [-0.4, -0.2) is 42.8 Å². The van der Waals surface area contributed by atoms with Crippen LogP contribution < -0.4 is 10.6 Å². The molecule has 1 saturated heterocycles. The van der Waals surface area contributed by atoms with Crippen LogP contribution >= 0.6 is 0 Å². The number of morpholine rings is 1. The Morgan fingerprint density at radius 1 is 1.20 bits per heavy atom. The van der Waals surface area contributed by atoms with E-state index >= 15 is 0 Å². The molecule has 3 rings (SSSR count). The van der Waals surface area contributed by atoms with Gasteiger partial charge in [-0.15, -0.1) is 5.11 Å². The van der Waals surface area contributed by atoms with E-state index in [-0.39, 0.29) is 0 Å². The monoisotopic (exact) mass is 340 g/mol. The van der Waals surface area contributed by atoms with Gasteiger partial charge in [0.2, 0.25) is 0 Å². The topological polar surface area (TPSA) is 89.0 Å². The molecule has 0 saturated carbocycles. The molecule has 1 aromatic carbocycles. The van der Waals surface area contributed by atoms with Gasteiger partial charge in [0.1, 0.15) is 11.6 Å². The van der Waals surface area contributed by atoms with Crippen molar-refractivity contribution in [3.63, 3.8) is 0 Å². The standard InChI is InChI=1S/C18H24N6O/c1-14-3-2-4-15(11-14)13-20-23-17-12-18(22-16(21-17)5-6-19)24-7-9-25-10-8-24/h2-4,11-12H,5-10,13,19H2,1H3. The Bertz CT molecular complexity index is 727. The molecule has 1 aromatic heterocycles. The zero-order valence-electron chi connectivity index (χ0n) is 14.6. The summed E-state index contributed by atoms with van der Waals surface area (Å²) in [7, 11) is 0. The van der Waals surface area contributed by atoms with Crippen molar-refractivity contribution < 1.29 is 4.74 Å². The maximum atomic E-state index is 5.66. The Balaban J connectivity index is 1.76. The first-order chi connectivity index (χ1) is 12.2. The second-order valence-corrected chi connectivity index (χ2v) is 6.03. The van der Waals surface area contributed by atoms with Gasteiger partial charge in [-0.1, -0.05) is 29.8 Å². The molecule has 132 valence electrons. The maximum absolute atomic E-state index is 5.66. The molecule has 7 heteroatoms. The van der Waals surface area contributed by atoms with Crippen LogP contribution in [0, 0.1) is 6.92 Å². The summed E-state index contributed by atoms with van der Waals surface area (Å²) in [6.07, 6.45) is 0.624. The van der Waals surface area contributed by atoms with Gasteiger partial charge >= 0.3 is 0 Å². The lowest BCUT2D eigenvalue weighted by Gasteiger charge is -2.28. The molecule has 1 aliphatic rings. The number of azo groups is 1. The van der Waals surface area contributed by atoms with Gasteiger partial charge in [0.05, 0.1) is 19.8 Å². The summed E-state index contributed by atoms with van der Waals surface area (Å²) >= 11 is 0. The Morgan fingerprint density at radius 3 is 2.80 bits per heavy atom. The predicted octanol–water partition coefficient (Wildman–Crippen LogP) is 2.41. The lowest BCUT2D eigenvalue weighted by molar-refractivity contribution is 0.122. The summed E-state index contributed by atoms with van der Waals surface area (Å²) in [6.45, 7) is 6.16. The molecule has 0 radical (unpaired) electrons. The van der Waals surface area contributed by atoms with Crippen molar-refractivity contribution in [3.05, 3.63) is 47.3 Å². The van der Waals surface area contributed by atoms with Crippen LogP contribution in [0.3, 0.4) is 0 Å². The summed E-state index contributed by atoms with van der Waals surface area (Å²) < 4.78 is 5.41. The van der Waals surface area contributed by atoms with Crippen molar-refractivity contribution >= 4 is 11.6 Å². The molecular weight excluding hydrogens is 316 g/mol. The van der Waals surface area contributed by atoms with Gasteiger partial charge in [-0.2, -0.15) is 5.11 Å². The first-order valence-electron chi connectivity index (χ1n) is 8.58. The average molecular weight is 340 g/mol. The summed E-state index contributed by atoms with van der Waals surface area (Å²) in [5.41, 5.74) is 8.01. The van der Waals surface area contributed by atoms with Gasteiger partial charge < -0.3 is 15.4 Å². The number of anilines is 1. The Kier molecular flexibility index (Phi) is 6.03. The van der Waals surface area contributed by atoms with Crippen LogP contribution in [0.5, 0.6) is 0 Å². The first kappa shape index (κ1) is 17.4. The Labute approximate surface area is 148 Å². The number of hydrogen-bond donors (Lipinski definition) is 1. The second-order valence-electron chi connectivity index (χ2n) is 6.03. The van der Waals surface area contributed by atoms with E-state index in [1.54, 1.807) is 0 Å². The van der Waals surface area contributed by atoms with Crippen LogP contribution in [-0.2, 0) is 17.7 Å². The fourth-order valence-electron chi connectivity index (χ4n) is 2.72. The molecule has 1 aliphatic heterocycles. The molecule has 25 heavy (non-hydrogen) atoms. The van der Waals surface area contributed by atoms with Crippen molar-refractivity contribution in [2.24, 2.45) is 16.0 Å². The van der Waals surface area contributed by atoms with Gasteiger partial charge in [-0.25, -0.2) is 9.97 Å². The van der Waals surface area contributed by atoms with E-state index < -0.39 is 0 Å². The van der Waals surface area contributed by atoms with E-state index in [4.69, 9.17) is 10.5 Å².